The number of benzene rings is 2. The van der Waals surface area contributed by atoms with Gasteiger partial charge in [-0.2, -0.15) is 0 Å². The van der Waals surface area contributed by atoms with E-state index in [1.807, 2.05) is 19.1 Å². The molecule has 0 bridgehead atoms. The van der Waals surface area contributed by atoms with Crippen molar-refractivity contribution in [2.24, 2.45) is 7.05 Å². The van der Waals surface area contributed by atoms with Gasteiger partial charge in [0.1, 0.15) is 5.52 Å². The van der Waals surface area contributed by atoms with Crippen LogP contribution >= 0.6 is 0 Å². The lowest BCUT2D eigenvalue weighted by Crippen LogP contribution is -2.22. The highest BCUT2D eigenvalue weighted by atomic mass is 32.2. The molecule has 8 heteroatoms. The summed E-state index contributed by atoms with van der Waals surface area (Å²) in [5, 5.41) is 0.549. The van der Waals surface area contributed by atoms with Gasteiger partial charge in [0.15, 0.2) is 11.5 Å². The SMILES string of the molecule is Cc1ccc(S(=O)(=O)n2ccc3c(-c4ccc5c(c4)OCO5)cn(C)c(=O)c32)cc1. The average Bonchev–Trinajstić information content (AvgIpc) is 3.38. The van der Waals surface area contributed by atoms with Crippen LogP contribution in [0.3, 0.4) is 0 Å². The number of aromatic nitrogens is 2. The Balaban J connectivity index is 1.76. The van der Waals surface area contributed by atoms with Crippen LogP contribution < -0.4 is 15.0 Å². The van der Waals surface area contributed by atoms with Gasteiger partial charge in [0.2, 0.25) is 6.79 Å². The molecular weight excluding hydrogens is 404 g/mol. The number of aryl methyl sites for hydroxylation is 2. The van der Waals surface area contributed by atoms with Crippen molar-refractivity contribution >= 4 is 20.9 Å². The fraction of sp³-hybridized carbons (Fsp3) is 0.136. The lowest BCUT2D eigenvalue weighted by Gasteiger charge is -2.11. The smallest absolute Gasteiger partial charge is 0.275 e. The van der Waals surface area contributed by atoms with Crippen molar-refractivity contribution in [3.05, 3.63) is 76.8 Å². The molecule has 1 aliphatic heterocycles. The summed E-state index contributed by atoms with van der Waals surface area (Å²) in [6.07, 6.45) is 3.13. The van der Waals surface area contributed by atoms with Crippen LogP contribution in [0.25, 0.3) is 22.0 Å². The second-order valence-corrected chi connectivity index (χ2v) is 9.03. The second kappa shape index (κ2) is 6.50. The quantitative estimate of drug-likeness (QED) is 0.506. The van der Waals surface area contributed by atoms with Crippen LogP contribution in [0.1, 0.15) is 5.56 Å². The van der Waals surface area contributed by atoms with Crippen molar-refractivity contribution in [1.82, 2.24) is 8.54 Å². The van der Waals surface area contributed by atoms with Gasteiger partial charge in [-0.3, -0.25) is 4.79 Å². The van der Waals surface area contributed by atoms with E-state index < -0.39 is 15.6 Å². The molecule has 0 spiro atoms. The maximum absolute atomic E-state index is 13.3. The largest absolute Gasteiger partial charge is 0.454 e. The molecule has 4 aromatic rings. The molecule has 2 aromatic carbocycles. The van der Waals surface area contributed by atoms with Crippen molar-refractivity contribution in [3.63, 3.8) is 0 Å². The molecule has 152 valence electrons. The number of rotatable bonds is 3. The summed E-state index contributed by atoms with van der Waals surface area (Å²) in [7, 11) is -2.32. The van der Waals surface area contributed by atoms with Gasteiger partial charge in [0, 0.05) is 30.4 Å². The van der Waals surface area contributed by atoms with E-state index in [2.05, 4.69) is 0 Å². The van der Waals surface area contributed by atoms with Gasteiger partial charge in [-0.25, -0.2) is 12.4 Å². The van der Waals surface area contributed by atoms with Crippen LogP contribution in [-0.2, 0) is 17.1 Å². The molecule has 0 saturated carbocycles. The molecule has 2 aromatic heterocycles. The Morgan fingerprint density at radius 3 is 2.47 bits per heavy atom. The number of ether oxygens (including phenoxy) is 2. The van der Waals surface area contributed by atoms with E-state index in [0.29, 0.717) is 16.9 Å². The Morgan fingerprint density at radius 2 is 1.70 bits per heavy atom. The standard InChI is InChI=1S/C22H18N2O5S/c1-14-3-6-16(7-4-14)30(26,27)24-10-9-17-18(12-23(2)22(25)21(17)24)15-5-8-19-20(11-15)29-13-28-19/h3-12H,13H2,1-2H3. The Hall–Kier alpha value is -3.52. The average molecular weight is 422 g/mol. The highest BCUT2D eigenvalue weighted by Crippen LogP contribution is 2.38. The molecular formula is C22H18N2O5S. The number of fused-ring (bicyclic) bond motifs is 2. The van der Waals surface area contributed by atoms with Gasteiger partial charge in [-0.1, -0.05) is 23.8 Å². The van der Waals surface area contributed by atoms with E-state index in [1.54, 1.807) is 49.6 Å². The molecule has 0 unspecified atom stereocenters. The highest BCUT2D eigenvalue weighted by molar-refractivity contribution is 7.90. The van der Waals surface area contributed by atoms with Crippen LogP contribution in [0.4, 0.5) is 0 Å². The summed E-state index contributed by atoms with van der Waals surface area (Å²) in [6.45, 7) is 2.04. The summed E-state index contributed by atoms with van der Waals surface area (Å²) in [6, 6.07) is 13.7. The van der Waals surface area contributed by atoms with Crippen molar-refractivity contribution in [1.29, 1.82) is 0 Å². The van der Waals surface area contributed by atoms with Gasteiger partial charge >= 0.3 is 0 Å². The van der Waals surface area contributed by atoms with E-state index in [-0.39, 0.29) is 17.2 Å². The zero-order valence-corrected chi connectivity index (χ0v) is 17.1. The molecule has 0 fully saturated rings. The normalized spacial score (nSPS) is 13.1. The third-order valence-electron chi connectivity index (χ3n) is 5.25. The molecule has 0 radical (unpaired) electrons. The van der Waals surface area contributed by atoms with Gasteiger partial charge in [0.05, 0.1) is 4.90 Å². The highest BCUT2D eigenvalue weighted by Gasteiger charge is 2.23. The van der Waals surface area contributed by atoms with Gasteiger partial charge in [0.25, 0.3) is 15.6 Å². The monoisotopic (exact) mass is 422 g/mol. The van der Waals surface area contributed by atoms with Gasteiger partial charge < -0.3 is 14.0 Å². The van der Waals surface area contributed by atoms with Gasteiger partial charge in [-0.15, -0.1) is 0 Å². The minimum absolute atomic E-state index is 0.105. The fourth-order valence-corrected chi connectivity index (χ4v) is 4.99. The van der Waals surface area contributed by atoms with Crippen LogP contribution in [0, 0.1) is 6.92 Å². The molecule has 0 N–H and O–H groups in total. The first-order valence-electron chi connectivity index (χ1n) is 9.29. The Kier molecular flexibility index (Phi) is 4.01. The minimum atomic E-state index is -3.93. The number of hydrogen-bond acceptors (Lipinski definition) is 5. The zero-order valence-electron chi connectivity index (χ0n) is 16.3. The predicted molar refractivity (Wildman–Crippen MR) is 113 cm³/mol. The molecule has 0 amide bonds. The lowest BCUT2D eigenvalue weighted by atomic mass is 10.0. The Bertz CT molecular complexity index is 1460. The van der Waals surface area contributed by atoms with Gasteiger partial charge in [-0.05, 0) is 42.8 Å². The fourth-order valence-electron chi connectivity index (χ4n) is 3.65. The van der Waals surface area contributed by atoms with Crippen molar-refractivity contribution < 1.29 is 17.9 Å². The summed E-state index contributed by atoms with van der Waals surface area (Å²) >= 11 is 0. The van der Waals surface area contributed by atoms with Crippen molar-refractivity contribution in [2.75, 3.05) is 6.79 Å². The molecule has 1 aliphatic rings. The van der Waals surface area contributed by atoms with E-state index in [4.69, 9.17) is 9.47 Å². The number of pyridine rings is 1. The molecule has 30 heavy (non-hydrogen) atoms. The van der Waals surface area contributed by atoms with E-state index in [9.17, 15) is 13.2 Å². The van der Waals surface area contributed by atoms with E-state index in [1.165, 1.54) is 10.8 Å². The van der Waals surface area contributed by atoms with Crippen LogP contribution in [0.15, 0.2) is 70.6 Å². The number of hydrogen-bond donors (Lipinski definition) is 0. The molecule has 7 nitrogen and oxygen atoms in total. The first kappa shape index (κ1) is 18.5. The first-order chi connectivity index (χ1) is 14.4. The zero-order chi connectivity index (χ0) is 21.0. The third kappa shape index (κ3) is 2.72. The van der Waals surface area contributed by atoms with Crippen molar-refractivity contribution in [2.45, 2.75) is 11.8 Å². The topological polar surface area (TPSA) is 79.5 Å². The van der Waals surface area contributed by atoms with E-state index >= 15 is 0 Å². The maximum atomic E-state index is 13.3. The van der Waals surface area contributed by atoms with Crippen LogP contribution in [0.2, 0.25) is 0 Å². The summed E-state index contributed by atoms with van der Waals surface area (Å²) in [4.78, 5) is 13.1. The molecule has 3 heterocycles. The Labute approximate surface area is 172 Å². The Morgan fingerprint density at radius 1 is 0.967 bits per heavy atom. The minimum Gasteiger partial charge on any atom is -0.454 e. The molecule has 5 rings (SSSR count). The lowest BCUT2D eigenvalue weighted by molar-refractivity contribution is 0.174. The predicted octanol–water partition coefficient (Wildman–Crippen LogP) is 3.28. The first-order valence-corrected chi connectivity index (χ1v) is 10.7. The van der Waals surface area contributed by atoms with Crippen molar-refractivity contribution in [3.8, 4) is 22.6 Å². The third-order valence-corrected chi connectivity index (χ3v) is 6.94. The summed E-state index contributed by atoms with van der Waals surface area (Å²) in [5.41, 5.74) is 2.18. The van der Waals surface area contributed by atoms with Crippen LogP contribution in [-0.4, -0.2) is 23.8 Å². The summed E-state index contributed by atoms with van der Waals surface area (Å²) < 4.78 is 39.8. The number of nitrogens with zero attached hydrogens (tertiary/aromatic N) is 2. The van der Waals surface area contributed by atoms with Crippen LogP contribution in [0.5, 0.6) is 11.5 Å². The summed E-state index contributed by atoms with van der Waals surface area (Å²) in [5.74, 6) is 1.26. The second-order valence-electron chi connectivity index (χ2n) is 7.22. The molecule has 0 saturated heterocycles. The maximum Gasteiger partial charge on any atom is 0.275 e. The molecule has 0 aliphatic carbocycles. The molecule has 0 atom stereocenters. The van der Waals surface area contributed by atoms with E-state index in [0.717, 1.165) is 20.7 Å².